The van der Waals surface area contributed by atoms with Crippen molar-refractivity contribution < 1.29 is 4.79 Å². The SMILES string of the molecule is CCn1c(N)nc2cc(C(=O)NC3CCN(c4cccc(C)c4)CC3)cnc21. The zero-order valence-corrected chi connectivity index (χ0v) is 16.4. The number of hydrogen-bond acceptors (Lipinski definition) is 5. The Hall–Kier alpha value is -3.09. The number of fused-ring (bicyclic) bond motifs is 1. The number of nitrogen functional groups attached to an aromatic ring is 1. The Kier molecular flexibility index (Phi) is 4.90. The van der Waals surface area contributed by atoms with Crippen LogP contribution in [0.2, 0.25) is 0 Å². The van der Waals surface area contributed by atoms with Gasteiger partial charge in [-0.3, -0.25) is 9.36 Å². The maximum atomic E-state index is 12.7. The van der Waals surface area contributed by atoms with Crippen LogP contribution in [0.1, 0.15) is 35.7 Å². The first-order valence-electron chi connectivity index (χ1n) is 9.79. The molecule has 0 unspecified atom stereocenters. The highest BCUT2D eigenvalue weighted by atomic mass is 16.1. The van der Waals surface area contributed by atoms with Crippen LogP contribution >= 0.6 is 0 Å². The molecule has 4 rings (SSSR count). The standard InChI is InChI=1S/C21H26N6O/c1-3-27-19-18(25-21(27)22)12-15(13-23-19)20(28)24-16-7-9-26(10-8-16)17-6-4-5-14(2)11-17/h4-6,11-13,16H,3,7-10H2,1-2H3,(H2,22,25)(H,24,28). The second-order valence-electron chi connectivity index (χ2n) is 7.35. The van der Waals surface area contributed by atoms with Gasteiger partial charge >= 0.3 is 0 Å². The molecule has 1 aliphatic rings. The van der Waals surface area contributed by atoms with Crippen molar-refractivity contribution in [2.24, 2.45) is 0 Å². The van der Waals surface area contributed by atoms with Crippen LogP contribution in [0.25, 0.3) is 11.2 Å². The van der Waals surface area contributed by atoms with Crippen LogP contribution in [0.4, 0.5) is 11.6 Å². The largest absolute Gasteiger partial charge is 0.371 e. The van der Waals surface area contributed by atoms with Gasteiger partial charge in [0, 0.05) is 37.6 Å². The number of nitrogens with zero attached hydrogens (tertiary/aromatic N) is 4. The molecule has 0 bridgehead atoms. The third-order valence-electron chi connectivity index (χ3n) is 5.39. The summed E-state index contributed by atoms with van der Waals surface area (Å²) in [4.78, 5) is 23.8. The van der Waals surface area contributed by atoms with Crippen molar-refractivity contribution >= 4 is 28.7 Å². The van der Waals surface area contributed by atoms with E-state index in [0.717, 1.165) is 25.9 Å². The van der Waals surface area contributed by atoms with Crippen molar-refractivity contribution in [1.29, 1.82) is 0 Å². The quantitative estimate of drug-likeness (QED) is 0.729. The number of nitrogens with two attached hydrogens (primary N) is 1. The van der Waals surface area contributed by atoms with Gasteiger partial charge in [-0.15, -0.1) is 0 Å². The number of aromatic nitrogens is 3. The number of hydrogen-bond donors (Lipinski definition) is 2. The third kappa shape index (κ3) is 3.52. The Bertz CT molecular complexity index is 1000. The molecule has 3 heterocycles. The topological polar surface area (TPSA) is 89.1 Å². The van der Waals surface area contributed by atoms with Crippen LogP contribution in [0.15, 0.2) is 36.5 Å². The Labute approximate surface area is 164 Å². The molecule has 3 N–H and O–H groups in total. The lowest BCUT2D eigenvalue weighted by Gasteiger charge is -2.34. The third-order valence-corrected chi connectivity index (χ3v) is 5.39. The molecule has 0 atom stereocenters. The number of nitrogens with one attached hydrogen (secondary N) is 1. The molecule has 1 amide bonds. The van der Waals surface area contributed by atoms with Crippen molar-refractivity contribution in [3.8, 4) is 0 Å². The van der Waals surface area contributed by atoms with E-state index in [1.165, 1.54) is 11.3 Å². The fourth-order valence-electron chi connectivity index (χ4n) is 3.84. The molecule has 1 aromatic carbocycles. The zero-order valence-electron chi connectivity index (χ0n) is 16.4. The molecule has 0 aliphatic carbocycles. The molecule has 146 valence electrons. The van der Waals surface area contributed by atoms with Gasteiger partial charge in [0.1, 0.15) is 5.52 Å². The predicted octanol–water partition coefficient (Wildman–Crippen LogP) is 2.74. The van der Waals surface area contributed by atoms with Gasteiger partial charge in [-0.1, -0.05) is 12.1 Å². The molecule has 7 heteroatoms. The minimum absolute atomic E-state index is 0.104. The highest BCUT2D eigenvalue weighted by Gasteiger charge is 2.22. The molecule has 0 saturated carbocycles. The maximum absolute atomic E-state index is 12.7. The van der Waals surface area contributed by atoms with E-state index in [9.17, 15) is 4.79 Å². The summed E-state index contributed by atoms with van der Waals surface area (Å²) in [6.45, 7) is 6.66. The van der Waals surface area contributed by atoms with Crippen LogP contribution in [-0.4, -0.2) is 39.6 Å². The van der Waals surface area contributed by atoms with Gasteiger partial charge in [0.05, 0.1) is 5.56 Å². The fourth-order valence-corrected chi connectivity index (χ4v) is 3.84. The smallest absolute Gasteiger partial charge is 0.253 e. The minimum atomic E-state index is -0.104. The fraction of sp³-hybridized carbons (Fsp3) is 0.381. The molecular formula is C21H26N6O. The van der Waals surface area contributed by atoms with Crippen molar-refractivity contribution in [3.05, 3.63) is 47.7 Å². The van der Waals surface area contributed by atoms with Crippen molar-refractivity contribution in [3.63, 3.8) is 0 Å². The number of piperidine rings is 1. The van der Waals surface area contributed by atoms with E-state index in [-0.39, 0.29) is 11.9 Å². The molecule has 1 saturated heterocycles. The summed E-state index contributed by atoms with van der Waals surface area (Å²) in [6.07, 6.45) is 3.45. The first kappa shape index (κ1) is 18.3. The number of anilines is 2. The molecule has 28 heavy (non-hydrogen) atoms. The van der Waals surface area contributed by atoms with E-state index >= 15 is 0 Å². The number of carbonyl (C=O) groups is 1. The normalized spacial score (nSPS) is 15.1. The van der Waals surface area contributed by atoms with Crippen LogP contribution in [-0.2, 0) is 6.54 Å². The molecule has 1 fully saturated rings. The average molecular weight is 378 g/mol. The van der Waals surface area contributed by atoms with Crippen molar-refractivity contribution in [2.75, 3.05) is 23.7 Å². The molecule has 7 nitrogen and oxygen atoms in total. The van der Waals surface area contributed by atoms with Gasteiger partial charge in [-0.25, -0.2) is 9.97 Å². The number of imidazole rings is 1. The van der Waals surface area contributed by atoms with Gasteiger partial charge in [0.25, 0.3) is 5.91 Å². The highest BCUT2D eigenvalue weighted by molar-refractivity contribution is 5.96. The van der Waals surface area contributed by atoms with Gasteiger partial charge in [0.15, 0.2) is 5.65 Å². The summed E-state index contributed by atoms with van der Waals surface area (Å²) in [5, 5.41) is 3.15. The van der Waals surface area contributed by atoms with Crippen LogP contribution < -0.4 is 16.0 Å². The van der Waals surface area contributed by atoms with E-state index in [1.807, 2.05) is 11.5 Å². The zero-order chi connectivity index (χ0) is 19.7. The first-order valence-corrected chi connectivity index (χ1v) is 9.79. The Morgan fingerprint density at radius 3 is 2.79 bits per heavy atom. The second kappa shape index (κ2) is 7.50. The summed E-state index contributed by atoms with van der Waals surface area (Å²) in [7, 11) is 0. The number of aryl methyl sites for hydroxylation is 2. The predicted molar refractivity (Wildman–Crippen MR) is 111 cm³/mol. The summed E-state index contributed by atoms with van der Waals surface area (Å²) in [5.41, 5.74) is 10.3. The number of benzene rings is 1. The van der Waals surface area contributed by atoms with Gasteiger partial charge < -0.3 is 16.0 Å². The lowest BCUT2D eigenvalue weighted by molar-refractivity contribution is 0.0931. The van der Waals surface area contributed by atoms with Gasteiger partial charge in [-0.2, -0.15) is 0 Å². The Balaban J connectivity index is 1.40. The molecule has 0 spiro atoms. The lowest BCUT2D eigenvalue weighted by Crippen LogP contribution is -2.44. The van der Waals surface area contributed by atoms with Crippen molar-refractivity contribution in [2.45, 2.75) is 39.3 Å². The molecule has 2 aromatic heterocycles. The second-order valence-corrected chi connectivity index (χ2v) is 7.35. The number of carbonyl (C=O) groups excluding carboxylic acids is 1. The molecule has 1 aliphatic heterocycles. The van der Waals surface area contributed by atoms with Crippen LogP contribution in [0.5, 0.6) is 0 Å². The monoisotopic (exact) mass is 378 g/mol. The van der Waals surface area contributed by atoms with E-state index in [0.29, 0.717) is 29.2 Å². The highest BCUT2D eigenvalue weighted by Crippen LogP contribution is 2.22. The number of amides is 1. The van der Waals surface area contributed by atoms with E-state index in [1.54, 1.807) is 12.3 Å². The first-order chi connectivity index (χ1) is 13.5. The molecular weight excluding hydrogens is 352 g/mol. The molecule has 0 radical (unpaired) electrons. The van der Waals surface area contributed by atoms with Crippen LogP contribution in [0.3, 0.4) is 0 Å². The van der Waals surface area contributed by atoms with Gasteiger partial charge in [0.2, 0.25) is 5.95 Å². The number of rotatable bonds is 4. The Morgan fingerprint density at radius 2 is 2.07 bits per heavy atom. The summed E-state index contributed by atoms with van der Waals surface area (Å²) < 4.78 is 1.83. The maximum Gasteiger partial charge on any atom is 0.253 e. The lowest BCUT2D eigenvalue weighted by atomic mass is 10.0. The van der Waals surface area contributed by atoms with E-state index in [4.69, 9.17) is 5.73 Å². The minimum Gasteiger partial charge on any atom is -0.371 e. The molecule has 3 aromatic rings. The summed E-state index contributed by atoms with van der Waals surface area (Å²) in [6, 6.07) is 10.5. The van der Waals surface area contributed by atoms with Gasteiger partial charge in [-0.05, 0) is 50.5 Å². The van der Waals surface area contributed by atoms with Crippen LogP contribution in [0, 0.1) is 6.92 Å². The summed E-state index contributed by atoms with van der Waals surface area (Å²) in [5.74, 6) is 0.319. The average Bonchev–Trinajstić information content (AvgIpc) is 3.02. The Morgan fingerprint density at radius 1 is 1.29 bits per heavy atom. The summed E-state index contributed by atoms with van der Waals surface area (Å²) >= 11 is 0. The van der Waals surface area contributed by atoms with E-state index < -0.39 is 0 Å². The number of pyridine rings is 1. The van der Waals surface area contributed by atoms with E-state index in [2.05, 4.69) is 51.4 Å². The van der Waals surface area contributed by atoms with Crippen molar-refractivity contribution in [1.82, 2.24) is 19.9 Å².